The molecule has 156 valence electrons. The molecule has 1 aromatic heterocycles. The minimum absolute atomic E-state index is 0.156. The first-order valence-electron chi connectivity index (χ1n) is 9.59. The summed E-state index contributed by atoms with van der Waals surface area (Å²) in [6.45, 7) is 6.49. The zero-order chi connectivity index (χ0) is 21.6. The van der Waals surface area contributed by atoms with Crippen molar-refractivity contribution in [1.29, 1.82) is 10.8 Å². The molecule has 0 saturated heterocycles. The van der Waals surface area contributed by atoms with Crippen LogP contribution in [0.5, 0.6) is 0 Å². The Labute approximate surface area is 169 Å². The first kappa shape index (κ1) is 22.0. The predicted molar refractivity (Wildman–Crippen MR) is 111 cm³/mol. The molecule has 0 saturated carbocycles. The standard InChI is InChI=1S/C19H28N8O2/c1-3-26-13-7-6-12(18(28)24-9-5-8-20)10-14(13)27(4-2)15(26)11-25-19(29)16(21)17(22)23/h6-7,10,21H,3-5,8-9,11,20H2,1-2H3,(H4-,22,23,24,25,28,29)/p+1. The molecule has 0 fully saturated rings. The Bertz CT molecular complexity index is 947. The van der Waals surface area contributed by atoms with E-state index >= 15 is 0 Å². The fourth-order valence-corrected chi connectivity index (χ4v) is 3.21. The maximum atomic E-state index is 12.4. The minimum Gasteiger partial charge on any atom is -0.382 e. The Kier molecular flexibility index (Phi) is 7.43. The lowest BCUT2D eigenvalue weighted by Gasteiger charge is -2.05. The molecule has 0 unspecified atom stereocenters. The Hall–Kier alpha value is -3.27. The highest BCUT2D eigenvalue weighted by molar-refractivity contribution is 6.64. The summed E-state index contributed by atoms with van der Waals surface area (Å²) in [5, 5.41) is 20.3. The molecule has 0 aliphatic heterocycles. The van der Waals surface area contributed by atoms with Gasteiger partial charge in [0.05, 0.1) is 13.1 Å². The molecule has 1 aromatic carbocycles. The average molecular weight is 401 g/mol. The first-order chi connectivity index (χ1) is 13.8. The average Bonchev–Trinajstić information content (AvgIpc) is 3.02. The van der Waals surface area contributed by atoms with E-state index in [0.29, 0.717) is 38.2 Å². The lowest BCUT2D eigenvalue weighted by atomic mass is 10.2. The summed E-state index contributed by atoms with van der Waals surface area (Å²) in [5.41, 5.74) is 12.5. The van der Waals surface area contributed by atoms with E-state index in [4.69, 9.17) is 22.3 Å². The summed E-state index contributed by atoms with van der Waals surface area (Å²) in [7, 11) is 0. The normalized spacial score (nSPS) is 10.7. The molecule has 29 heavy (non-hydrogen) atoms. The zero-order valence-corrected chi connectivity index (χ0v) is 16.8. The van der Waals surface area contributed by atoms with Crippen molar-refractivity contribution in [2.45, 2.75) is 39.9 Å². The molecule has 0 bridgehead atoms. The number of hydrogen-bond acceptors (Lipinski definition) is 5. The van der Waals surface area contributed by atoms with Crippen molar-refractivity contribution < 1.29 is 14.2 Å². The maximum Gasteiger partial charge on any atom is 0.277 e. The summed E-state index contributed by atoms with van der Waals surface area (Å²) in [6.07, 6.45) is 0.717. The second-order valence-electron chi connectivity index (χ2n) is 6.48. The third-order valence-corrected chi connectivity index (χ3v) is 4.64. The number of benzene rings is 1. The van der Waals surface area contributed by atoms with Gasteiger partial charge in [-0.25, -0.2) is 9.13 Å². The van der Waals surface area contributed by atoms with Gasteiger partial charge in [0.25, 0.3) is 17.6 Å². The lowest BCUT2D eigenvalue weighted by Crippen LogP contribution is -2.43. The fourth-order valence-electron chi connectivity index (χ4n) is 3.21. The number of rotatable bonds is 10. The van der Waals surface area contributed by atoms with Gasteiger partial charge in [0.1, 0.15) is 12.4 Å². The number of hydrogen-bond donors (Lipinski definition) is 6. The van der Waals surface area contributed by atoms with Crippen LogP contribution in [0.1, 0.15) is 36.5 Å². The van der Waals surface area contributed by atoms with Crippen LogP contribution in [0.3, 0.4) is 0 Å². The quantitative estimate of drug-likeness (QED) is 0.138. The van der Waals surface area contributed by atoms with E-state index in [0.717, 1.165) is 16.9 Å². The number of imidazole rings is 1. The highest BCUT2D eigenvalue weighted by atomic mass is 16.2. The number of amidine groups is 1. The molecule has 8 N–H and O–H groups in total. The van der Waals surface area contributed by atoms with Crippen molar-refractivity contribution in [2.75, 3.05) is 13.1 Å². The number of carbonyl (C=O) groups excluding carboxylic acids is 2. The molecule has 1 heterocycles. The molecule has 10 heteroatoms. The van der Waals surface area contributed by atoms with Crippen LogP contribution in [-0.2, 0) is 24.4 Å². The molecular weight excluding hydrogens is 372 g/mol. The van der Waals surface area contributed by atoms with E-state index < -0.39 is 17.5 Å². The number of fused-ring (bicyclic) bond motifs is 1. The summed E-state index contributed by atoms with van der Waals surface area (Å²) in [4.78, 5) is 24.4. The van der Waals surface area contributed by atoms with Crippen LogP contribution in [0, 0.1) is 10.8 Å². The van der Waals surface area contributed by atoms with E-state index in [-0.39, 0.29) is 12.5 Å². The molecule has 2 amide bonds. The highest BCUT2D eigenvalue weighted by Crippen LogP contribution is 2.17. The molecule has 2 aromatic rings. The maximum absolute atomic E-state index is 12.4. The van der Waals surface area contributed by atoms with Gasteiger partial charge in [-0.05, 0) is 38.9 Å². The van der Waals surface area contributed by atoms with Gasteiger partial charge >= 0.3 is 0 Å². The molecular formula is C19H29N8O2+. The number of nitrogens with one attached hydrogen (secondary N) is 4. The van der Waals surface area contributed by atoms with E-state index in [1.54, 1.807) is 6.07 Å². The third-order valence-electron chi connectivity index (χ3n) is 4.64. The second kappa shape index (κ2) is 9.78. The Morgan fingerprint density at radius 3 is 2.52 bits per heavy atom. The molecule has 0 atom stereocenters. The smallest absolute Gasteiger partial charge is 0.277 e. The van der Waals surface area contributed by atoms with Gasteiger partial charge in [-0.1, -0.05) is 0 Å². The molecule has 0 aliphatic rings. The number of nitrogens with zero attached hydrogens (tertiary/aromatic N) is 2. The Balaban J connectivity index is 2.37. The minimum atomic E-state index is -0.701. The van der Waals surface area contributed by atoms with Gasteiger partial charge in [-0.15, -0.1) is 0 Å². The van der Waals surface area contributed by atoms with E-state index in [9.17, 15) is 9.59 Å². The number of nitrogens with two attached hydrogens (primary N) is 2. The van der Waals surface area contributed by atoms with Crippen molar-refractivity contribution in [2.24, 2.45) is 11.5 Å². The third kappa shape index (κ3) is 4.77. The van der Waals surface area contributed by atoms with E-state index in [1.807, 2.05) is 35.1 Å². The van der Waals surface area contributed by atoms with E-state index in [1.165, 1.54) is 0 Å². The molecule has 0 radical (unpaired) electrons. The Morgan fingerprint density at radius 1 is 1.21 bits per heavy atom. The summed E-state index contributed by atoms with van der Waals surface area (Å²) < 4.78 is 4.07. The lowest BCUT2D eigenvalue weighted by molar-refractivity contribution is -0.676. The van der Waals surface area contributed by atoms with Crippen LogP contribution in [0.15, 0.2) is 18.2 Å². The van der Waals surface area contributed by atoms with Gasteiger partial charge in [-0.3, -0.25) is 20.4 Å². The van der Waals surface area contributed by atoms with Gasteiger partial charge in [0.2, 0.25) is 0 Å². The number of aromatic nitrogens is 2. The van der Waals surface area contributed by atoms with Crippen LogP contribution in [-0.4, -0.2) is 41.0 Å². The summed E-state index contributed by atoms with van der Waals surface area (Å²) >= 11 is 0. The predicted octanol–water partition coefficient (Wildman–Crippen LogP) is -0.381. The van der Waals surface area contributed by atoms with Gasteiger partial charge in [-0.2, -0.15) is 0 Å². The number of aryl methyl sites for hydroxylation is 2. The largest absolute Gasteiger partial charge is 0.382 e. The zero-order valence-electron chi connectivity index (χ0n) is 16.8. The van der Waals surface area contributed by atoms with E-state index in [2.05, 4.69) is 10.6 Å². The first-order valence-corrected chi connectivity index (χ1v) is 9.59. The van der Waals surface area contributed by atoms with Crippen molar-refractivity contribution >= 4 is 34.4 Å². The summed E-state index contributed by atoms with van der Waals surface area (Å²) in [6, 6.07) is 5.51. The topological polar surface area (TPSA) is 167 Å². The van der Waals surface area contributed by atoms with Crippen molar-refractivity contribution in [1.82, 2.24) is 15.2 Å². The fraction of sp³-hybridized carbons (Fsp3) is 0.421. The van der Waals surface area contributed by atoms with Gasteiger partial charge in [0.15, 0.2) is 16.7 Å². The highest BCUT2D eigenvalue weighted by Gasteiger charge is 2.25. The SMILES string of the molecule is CCn1c(CNC(=O)C(=N)C(=N)N)[n+](CC)c2ccc(C(=O)NCCCN)cc21. The van der Waals surface area contributed by atoms with Gasteiger partial charge < -0.3 is 22.1 Å². The van der Waals surface area contributed by atoms with Crippen LogP contribution < -0.4 is 26.7 Å². The Morgan fingerprint density at radius 2 is 1.93 bits per heavy atom. The van der Waals surface area contributed by atoms with Crippen molar-refractivity contribution in [3.05, 3.63) is 29.6 Å². The molecule has 10 nitrogen and oxygen atoms in total. The van der Waals surface area contributed by atoms with Crippen molar-refractivity contribution in [3.8, 4) is 0 Å². The monoisotopic (exact) mass is 401 g/mol. The van der Waals surface area contributed by atoms with Crippen LogP contribution in [0.4, 0.5) is 0 Å². The van der Waals surface area contributed by atoms with Crippen LogP contribution >= 0.6 is 0 Å². The summed E-state index contributed by atoms with van der Waals surface area (Å²) in [5.74, 6) is -0.604. The number of carbonyl (C=O) groups is 2. The van der Waals surface area contributed by atoms with Gasteiger partial charge in [0, 0.05) is 18.2 Å². The van der Waals surface area contributed by atoms with Crippen LogP contribution in [0.2, 0.25) is 0 Å². The van der Waals surface area contributed by atoms with Crippen molar-refractivity contribution in [3.63, 3.8) is 0 Å². The molecule has 0 aliphatic carbocycles. The molecule has 2 rings (SSSR count). The second-order valence-corrected chi connectivity index (χ2v) is 6.48. The molecule has 0 spiro atoms. The number of amides is 2. The van der Waals surface area contributed by atoms with Crippen LogP contribution in [0.25, 0.3) is 11.0 Å².